The molecule has 0 heterocycles. The highest BCUT2D eigenvalue weighted by Crippen LogP contribution is 2.37. The van der Waals surface area contributed by atoms with E-state index in [2.05, 4.69) is 31.2 Å². The van der Waals surface area contributed by atoms with E-state index in [0.29, 0.717) is 12.2 Å². The lowest BCUT2D eigenvalue weighted by Gasteiger charge is -2.36. The molecule has 146 valence electrons. The molecule has 3 rings (SSSR count). The second kappa shape index (κ2) is 10.3. The highest BCUT2D eigenvalue weighted by molar-refractivity contribution is 5.27. The molecule has 0 aromatic heterocycles. The minimum absolute atomic E-state index is 0.366. The van der Waals surface area contributed by atoms with Gasteiger partial charge >= 0.3 is 0 Å². The predicted molar refractivity (Wildman–Crippen MR) is 109 cm³/mol. The molecule has 26 heavy (non-hydrogen) atoms. The molecule has 2 aliphatic rings. The molecule has 0 saturated heterocycles. The van der Waals surface area contributed by atoms with Gasteiger partial charge < -0.3 is 9.47 Å². The van der Waals surface area contributed by atoms with E-state index in [1.165, 1.54) is 76.2 Å². The summed E-state index contributed by atoms with van der Waals surface area (Å²) in [6, 6.07) is 8.56. The van der Waals surface area contributed by atoms with Gasteiger partial charge in [-0.05, 0) is 68.6 Å². The van der Waals surface area contributed by atoms with Gasteiger partial charge in [-0.25, -0.2) is 0 Å². The molecule has 0 aliphatic heterocycles. The molecule has 2 nitrogen and oxygen atoms in total. The zero-order chi connectivity index (χ0) is 18.2. The maximum absolute atomic E-state index is 6.48. The molecule has 3 unspecified atom stereocenters. The van der Waals surface area contributed by atoms with Gasteiger partial charge in [-0.15, -0.1) is 0 Å². The lowest BCUT2D eigenvalue weighted by molar-refractivity contribution is 0.0258. The van der Waals surface area contributed by atoms with Crippen LogP contribution in [0.25, 0.3) is 0 Å². The first-order valence-electron chi connectivity index (χ1n) is 11.0. The zero-order valence-corrected chi connectivity index (χ0v) is 16.9. The smallest absolute Gasteiger partial charge is 0.119 e. The maximum Gasteiger partial charge on any atom is 0.119 e. The van der Waals surface area contributed by atoms with E-state index in [9.17, 15) is 0 Å². The molecule has 2 aliphatic carbocycles. The van der Waals surface area contributed by atoms with Crippen LogP contribution in [0.1, 0.15) is 82.6 Å². The standard InChI is InChI=1S/C24H38O2/c1-19-10-8-14-23(16-19)26-24-15-9-13-22(25-2)17-21(18-24)20-11-6-4-3-5-7-12-20/h8,10,14,16,20-22,24H,3-7,9,11-13,15,17-18H2,1-2H3. The van der Waals surface area contributed by atoms with Gasteiger partial charge in [0.1, 0.15) is 5.75 Å². The second-order valence-corrected chi connectivity index (χ2v) is 8.68. The molecule has 2 fully saturated rings. The highest BCUT2D eigenvalue weighted by atomic mass is 16.5. The normalized spacial score (nSPS) is 29.2. The van der Waals surface area contributed by atoms with E-state index in [4.69, 9.17) is 9.47 Å². The summed E-state index contributed by atoms with van der Waals surface area (Å²) in [7, 11) is 1.90. The van der Waals surface area contributed by atoms with Crippen LogP contribution < -0.4 is 4.74 Å². The predicted octanol–water partition coefficient (Wildman–Crippen LogP) is 6.70. The van der Waals surface area contributed by atoms with E-state index in [1.54, 1.807) is 0 Å². The highest BCUT2D eigenvalue weighted by Gasteiger charge is 2.30. The van der Waals surface area contributed by atoms with Crippen molar-refractivity contribution in [1.82, 2.24) is 0 Å². The van der Waals surface area contributed by atoms with Crippen molar-refractivity contribution < 1.29 is 9.47 Å². The Kier molecular flexibility index (Phi) is 7.85. The third-order valence-corrected chi connectivity index (χ3v) is 6.63. The number of hydrogen-bond donors (Lipinski definition) is 0. The van der Waals surface area contributed by atoms with Crippen molar-refractivity contribution in [2.24, 2.45) is 11.8 Å². The van der Waals surface area contributed by atoms with Gasteiger partial charge in [0.05, 0.1) is 12.2 Å². The maximum atomic E-state index is 6.48. The molecule has 0 spiro atoms. The van der Waals surface area contributed by atoms with Crippen LogP contribution >= 0.6 is 0 Å². The van der Waals surface area contributed by atoms with Crippen LogP contribution in [0.3, 0.4) is 0 Å². The Hall–Kier alpha value is -1.02. The van der Waals surface area contributed by atoms with E-state index in [-0.39, 0.29) is 0 Å². The molecular weight excluding hydrogens is 320 g/mol. The molecule has 1 aromatic carbocycles. The summed E-state index contributed by atoms with van der Waals surface area (Å²) >= 11 is 0. The minimum Gasteiger partial charge on any atom is -0.490 e. The van der Waals surface area contributed by atoms with Gasteiger partial charge in [-0.2, -0.15) is 0 Å². The van der Waals surface area contributed by atoms with Crippen molar-refractivity contribution in [3.05, 3.63) is 29.8 Å². The van der Waals surface area contributed by atoms with Gasteiger partial charge in [0.2, 0.25) is 0 Å². The molecule has 0 N–H and O–H groups in total. The number of ether oxygens (including phenoxy) is 2. The van der Waals surface area contributed by atoms with Crippen molar-refractivity contribution in [1.29, 1.82) is 0 Å². The van der Waals surface area contributed by atoms with Gasteiger partial charge in [0.25, 0.3) is 0 Å². The van der Waals surface area contributed by atoms with Crippen LogP contribution in [0.5, 0.6) is 5.75 Å². The number of rotatable bonds is 4. The van der Waals surface area contributed by atoms with E-state index >= 15 is 0 Å². The van der Waals surface area contributed by atoms with Gasteiger partial charge in [-0.3, -0.25) is 0 Å². The van der Waals surface area contributed by atoms with Crippen molar-refractivity contribution in [2.45, 2.75) is 96.2 Å². The average molecular weight is 359 g/mol. The third-order valence-electron chi connectivity index (χ3n) is 6.63. The summed E-state index contributed by atoms with van der Waals surface area (Å²) in [5.74, 6) is 2.68. The molecular formula is C24H38O2. The van der Waals surface area contributed by atoms with Crippen molar-refractivity contribution >= 4 is 0 Å². The molecule has 3 atom stereocenters. The Balaban J connectivity index is 1.68. The minimum atomic E-state index is 0.366. The third kappa shape index (κ3) is 6.01. The van der Waals surface area contributed by atoms with Gasteiger partial charge in [-0.1, -0.05) is 57.1 Å². The molecule has 0 bridgehead atoms. The Morgan fingerprint density at radius 3 is 2.19 bits per heavy atom. The topological polar surface area (TPSA) is 18.5 Å². The first kappa shape index (κ1) is 19.7. The van der Waals surface area contributed by atoms with Gasteiger partial charge in [0.15, 0.2) is 0 Å². The molecule has 0 radical (unpaired) electrons. The summed E-state index contributed by atoms with van der Waals surface area (Å²) < 4.78 is 12.3. The lowest BCUT2D eigenvalue weighted by atomic mass is 9.74. The molecule has 2 heteroatoms. The van der Waals surface area contributed by atoms with E-state index < -0.39 is 0 Å². The fourth-order valence-corrected chi connectivity index (χ4v) is 5.13. The number of aryl methyl sites for hydroxylation is 1. The molecule has 2 saturated carbocycles. The Morgan fingerprint density at radius 1 is 0.769 bits per heavy atom. The largest absolute Gasteiger partial charge is 0.490 e. The molecule has 1 aromatic rings. The summed E-state index contributed by atoms with van der Waals surface area (Å²) in [6.07, 6.45) is 16.8. The van der Waals surface area contributed by atoms with Crippen molar-refractivity contribution in [2.75, 3.05) is 7.11 Å². The van der Waals surface area contributed by atoms with Crippen LogP contribution in [-0.4, -0.2) is 19.3 Å². The van der Waals surface area contributed by atoms with Crippen molar-refractivity contribution in [3.63, 3.8) is 0 Å². The van der Waals surface area contributed by atoms with Crippen LogP contribution in [0.15, 0.2) is 24.3 Å². The van der Waals surface area contributed by atoms with E-state index in [0.717, 1.165) is 24.0 Å². The Bertz CT molecular complexity index is 519. The van der Waals surface area contributed by atoms with Crippen LogP contribution in [0, 0.1) is 18.8 Å². The summed E-state index contributed by atoms with van der Waals surface area (Å²) in [5, 5.41) is 0. The van der Waals surface area contributed by atoms with Crippen LogP contribution in [0.4, 0.5) is 0 Å². The van der Waals surface area contributed by atoms with Crippen LogP contribution in [0.2, 0.25) is 0 Å². The number of benzene rings is 1. The zero-order valence-electron chi connectivity index (χ0n) is 16.9. The Morgan fingerprint density at radius 2 is 1.46 bits per heavy atom. The summed E-state index contributed by atoms with van der Waals surface area (Å²) in [4.78, 5) is 0. The van der Waals surface area contributed by atoms with Crippen molar-refractivity contribution in [3.8, 4) is 5.75 Å². The van der Waals surface area contributed by atoms with E-state index in [1.807, 2.05) is 7.11 Å². The Labute approximate surface area is 160 Å². The second-order valence-electron chi connectivity index (χ2n) is 8.68. The fraction of sp³-hybridized carbons (Fsp3) is 0.750. The summed E-state index contributed by atoms with van der Waals surface area (Å²) in [6.45, 7) is 2.14. The average Bonchev–Trinajstić information content (AvgIpc) is 2.57. The number of hydrogen-bond acceptors (Lipinski definition) is 2. The summed E-state index contributed by atoms with van der Waals surface area (Å²) in [5.41, 5.74) is 1.28. The van der Waals surface area contributed by atoms with Gasteiger partial charge in [0, 0.05) is 7.11 Å². The van der Waals surface area contributed by atoms with Crippen LogP contribution in [-0.2, 0) is 4.74 Å². The molecule has 0 amide bonds. The SMILES string of the molecule is COC1CCCC(Oc2cccc(C)c2)CC(C2CCCCCCC2)C1. The first-order valence-corrected chi connectivity index (χ1v) is 11.0. The monoisotopic (exact) mass is 358 g/mol. The first-order chi connectivity index (χ1) is 12.7. The fourth-order valence-electron chi connectivity index (χ4n) is 5.13. The quantitative estimate of drug-likeness (QED) is 0.596. The number of methoxy groups -OCH3 is 1. The lowest BCUT2D eigenvalue weighted by Crippen LogP contribution is -2.31.